The highest BCUT2D eigenvalue weighted by Gasteiger charge is 2.28. The second-order valence-corrected chi connectivity index (χ2v) is 9.10. The van der Waals surface area contributed by atoms with Crippen LogP contribution in [0.15, 0.2) is 60.9 Å². The summed E-state index contributed by atoms with van der Waals surface area (Å²) in [6.45, 7) is 7.60. The number of alkyl halides is 3. The highest BCUT2D eigenvalue weighted by molar-refractivity contribution is 5.94. The molecule has 1 aromatic heterocycles. The molecule has 0 aliphatic carbocycles. The zero-order valence-electron chi connectivity index (χ0n) is 21.0. The predicted molar refractivity (Wildman–Crippen MR) is 138 cm³/mol. The first-order chi connectivity index (χ1) is 17.7. The molecule has 2 heterocycles. The largest absolute Gasteiger partial charge is 0.492 e. The second kappa shape index (κ2) is 11.6. The first kappa shape index (κ1) is 26.5. The van der Waals surface area contributed by atoms with Crippen LogP contribution in [0.5, 0.6) is 5.75 Å². The molecule has 0 saturated carbocycles. The van der Waals surface area contributed by atoms with Crippen molar-refractivity contribution in [2.75, 3.05) is 44.2 Å². The van der Waals surface area contributed by atoms with E-state index < -0.39 is 18.6 Å². The molecule has 0 spiro atoms. The van der Waals surface area contributed by atoms with Gasteiger partial charge in [0.15, 0.2) is 0 Å². The number of amides is 1. The third kappa shape index (κ3) is 7.22. The third-order valence-corrected chi connectivity index (χ3v) is 6.35. The topological polar surface area (TPSA) is 57.7 Å². The average molecular weight is 513 g/mol. The highest BCUT2D eigenvalue weighted by Crippen LogP contribution is 2.27. The molecule has 196 valence electrons. The van der Waals surface area contributed by atoms with Crippen molar-refractivity contribution in [2.24, 2.45) is 0 Å². The van der Waals surface area contributed by atoms with Gasteiger partial charge in [0, 0.05) is 55.7 Å². The van der Waals surface area contributed by atoms with Crippen molar-refractivity contribution < 1.29 is 22.7 Å². The van der Waals surface area contributed by atoms with Gasteiger partial charge in [-0.15, -0.1) is 0 Å². The maximum absolute atomic E-state index is 12.3. The number of hydrogen-bond acceptors (Lipinski definition) is 5. The maximum atomic E-state index is 12.3. The highest BCUT2D eigenvalue weighted by atomic mass is 19.4. The lowest BCUT2D eigenvalue weighted by Gasteiger charge is -2.36. The van der Waals surface area contributed by atoms with E-state index in [1.807, 2.05) is 24.5 Å². The van der Waals surface area contributed by atoms with Gasteiger partial charge in [-0.2, -0.15) is 13.2 Å². The van der Waals surface area contributed by atoms with Crippen molar-refractivity contribution in [2.45, 2.75) is 26.6 Å². The fourth-order valence-electron chi connectivity index (χ4n) is 4.49. The molecule has 4 rings (SSSR count). The molecule has 0 unspecified atom stereocenters. The zero-order chi connectivity index (χ0) is 26.4. The molecule has 6 nitrogen and oxygen atoms in total. The fraction of sp³-hybridized carbons (Fsp3) is 0.357. The Kier molecular flexibility index (Phi) is 8.33. The summed E-state index contributed by atoms with van der Waals surface area (Å²) in [5.41, 5.74) is 5.77. The molecule has 1 aliphatic heterocycles. The van der Waals surface area contributed by atoms with E-state index in [-0.39, 0.29) is 5.56 Å². The fourth-order valence-corrected chi connectivity index (χ4v) is 4.49. The molecule has 37 heavy (non-hydrogen) atoms. The monoisotopic (exact) mass is 512 g/mol. The number of pyridine rings is 1. The van der Waals surface area contributed by atoms with E-state index in [9.17, 15) is 18.0 Å². The quantitative estimate of drug-likeness (QED) is 0.457. The smallest absolute Gasteiger partial charge is 0.405 e. The van der Waals surface area contributed by atoms with Gasteiger partial charge in [0.05, 0.1) is 12.8 Å². The number of nitrogens with one attached hydrogen (secondary N) is 1. The summed E-state index contributed by atoms with van der Waals surface area (Å²) >= 11 is 0. The summed E-state index contributed by atoms with van der Waals surface area (Å²) in [7, 11) is 0. The van der Waals surface area contributed by atoms with Crippen molar-refractivity contribution in [3.8, 4) is 16.9 Å². The molecule has 1 fully saturated rings. The Bertz CT molecular complexity index is 1210. The van der Waals surface area contributed by atoms with Crippen LogP contribution in [0, 0.1) is 6.92 Å². The van der Waals surface area contributed by atoms with Gasteiger partial charge < -0.3 is 15.0 Å². The Morgan fingerprint density at radius 2 is 1.76 bits per heavy atom. The minimum Gasteiger partial charge on any atom is -0.492 e. The van der Waals surface area contributed by atoms with Crippen LogP contribution in [-0.4, -0.2) is 61.3 Å². The summed E-state index contributed by atoms with van der Waals surface area (Å²) in [5.74, 6) is 0.0361. The molecular formula is C28H31F3N4O2. The first-order valence-corrected chi connectivity index (χ1v) is 12.3. The lowest BCUT2D eigenvalue weighted by molar-refractivity contribution is -0.123. The SMILES string of the molecule is CCOc1cncc(-c2ccc(CN3CCN(c4ccc(C(=O)NCC(F)(F)F)cc4)CC3)cc2C)c1. The number of aromatic nitrogens is 1. The number of piperazine rings is 1. The molecule has 2 aromatic carbocycles. The Labute approximate surface area is 215 Å². The Morgan fingerprint density at radius 3 is 2.41 bits per heavy atom. The minimum absolute atomic E-state index is 0.214. The van der Waals surface area contributed by atoms with Gasteiger partial charge in [0.25, 0.3) is 5.91 Å². The van der Waals surface area contributed by atoms with Gasteiger partial charge >= 0.3 is 6.18 Å². The minimum atomic E-state index is -4.43. The van der Waals surface area contributed by atoms with Crippen LogP contribution < -0.4 is 15.0 Å². The molecule has 1 saturated heterocycles. The number of ether oxygens (including phenoxy) is 1. The number of carbonyl (C=O) groups excluding carboxylic acids is 1. The number of anilines is 1. The van der Waals surface area contributed by atoms with E-state index >= 15 is 0 Å². The number of halogens is 3. The van der Waals surface area contributed by atoms with E-state index in [2.05, 4.69) is 39.9 Å². The van der Waals surface area contributed by atoms with Crippen LogP contribution in [-0.2, 0) is 6.54 Å². The standard InChI is InChI=1S/C28H31F3N4O2/c1-3-37-25-15-23(16-32-17-25)26-9-4-21(14-20(26)2)18-34-10-12-35(13-11-34)24-7-5-22(6-8-24)27(36)33-19-28(29,30)31/h4-9,14-17H,3,10-13,18-19H2,1-2H3,(H,33,36). The molecular weight excluding hydrogens is 481 g/mol. The Balaban J connectivity index is 1.30. The Hall–Kier alpha value is -3.59. The van der Waals surface area contributed by atoms with Crippen molar-refractivity contribution in [1.29, 1.82) is 0 Å². The van der Waals surface area contributed by atoms with Crippen molar-refractivity contribution in [3.05, 3.63) is 77.6 Å². The second-order valence-electron chi connectivity index (χ2n) is 9.10. The van der Waals surface area contributed by atoms with Gasteiger partial charge in [-0.3, -0.25) is 14.7 Å². The zero-order valence-corrected chi connectivity index (χ0v) is 21.0. The van der Waals surface area contributed by atoms with Crippen LogP contribution >= 0.6 is 0 Å². The number of nitrogens with zero attached hydrogens (tertiary/aromatic N) is 3. The lowest BCUT2D eigenvalue weighted by atomic mass is 9.99. The van der Waals surface area contributed by atoms with E-state index in [1.54, 1.807) is 30.5 Å². The third-order valence-electron chi connectivity index (χ3n) is 6.35. The van der Waals surface area contributed by atoms with Crippen LogP contribution in [0.4, 0.5) is 18.9 Å². The summed E-state index contributed by atoms with van der Waals surface area (Å²) in [6, 6.07) is 15.2. The molecule has 1 aliphatic rings. The molecule has 1 amide bonds. The summed E-state index contributed by atoms with van der Waals surface area (Å²) in [5, 5.41) is 1.90. The average Bonchev–Trinajstić information content (AvgIpc) is 2.88. The van der Waals surface area contributed by atoms with Crippen molar-refractivity contribution in [1.82, 2.24) is 15.2 Å². The number of rotatable bonds is 8. The molecule has 0 atom stereocenters. The van der Waals surface area contributed by atoms with Crippen molar-refractivity contribution in [3.63, 3.8) is 0 Å². The molecule has 1 N–H and O–H groups in total. The van der Waals surface area contributed by atoms with Crippen LogP contribution in [0.3, 0.4) is 0 Å². The van der Waals surface area contributed by atoms with E-state index in [4.69, 9.17) is 4.74 Å². The Morgan fingerprint density at radius 1 is 1.03 bits per heavy atom. The number of hydrogen-bond donors (Lipinski definition) is 1. The molecule has 0 bridgehead atoms. The molecule has 3 aromatic rings. The van der Waals surface area contributed by atoms with Gasteiger partial charge in [-0.1, -0.05) is 18.2 Å². The van der Waals surface area contributed by atoms with Crippen LogP contribution in [0.2, 0.25) is 0 Å². The number of benzene rings is 2. The van der Waals surface area contributed by atoms with E-state index in [0.717, 1.165) is 55.3 Å². The van der Waals surface area contributed by atoms with Crippen LogP contribution in [0.1, 0.15) is 28.4 Å². The summed E-state index contributed by atoms with van der Waals surface area (Å²) < 4.78 is 42.5. The normalized spacial score (nSPS) is 14.5. The van der Waals surface area contributed by atoms with E-state index in [1.165, 1.54) is 11.1 Å². The number of carbonyl (C=O) groups is 1. The number of aryl methyl sites for hydroxylation is 1. The lowest BCUT2D eigenvalue weighted by Crippen LogP contribution is -2.46. The summed E-state index contributed by atoms with van der Waals surface area (Å²) in [4.78, 5) is 20.8. The first-order valence-electron chi connectivity index (χ1n) is 12.3. The maximum Gasteiger partial charge on any atom is 0.405 e. The predicted octanol–water partition coefficient (Wildman–Crippen LogP) is 5.07. The van der Waals surface area contributed by atoms with Gasteiger partial charge in [-0.25, -0.2) is 0 Å². The van der Waals surface area contributed by atoms with Crippen LogP contribution in [0.25, 0.3) is 11.1 Å². The van der Waals surface area contributed by atoms with E-state index in [0.29, 0.717) is 6.61 Å². The molecule has 0 radical (unpaired) electrons. The van der Waals surface area contributed by atoms with Crippen molar-refractivity contribution >= 4 is 11.6 Å². The van der Waals surface area contributed by atoms with Gasteiger partial charge in [0.1, 0.15) is 12.3 Å². The molecule has 9 heteroatoms. The van der Waals surface area contributed by atoms with Gasteiger partial charge in [0.2, 0.25) is 0 Å². The van der Waals surface area contributed by atoms with Gasteiger partial charge in [-0.05, 0) is 60.9 Å². The summed E-state index contributed by atoms with van der Waals surface area (Å²) in [6.07, 6.45) is -0.853.